The first-order valence-corrected chi connectivity index (χ1v) is 8.36. The van der Waals surface area contributed by atoms with Crippen molar-refractivity contribution >= 4 is 0 Å². The number of benzene rings is 3. The minimum absolute atomic E-state index is 0.140. The fourth-order valence-electron chi connectivity index (χ4n) is 3.03. The fourth-order valence-corrected chi connectivity index (χ4v) is 3.03. The van der Waals surface area contributed by atoms with Gasteiger partial charge in [0.1, 0.15) is 29.1 Å². The maximum absolute atomic E-state index is 14.1. The van der Waals surface area contributed by atoms with Crippen LogP contribution in [0.2, 0.25) is 0 Å². The zero-order chi connectivity index (χ0) is 19.9. The van der Waals surface area contributed by atoms with E-state index < -0.39 is 35.0 Å². The Labute approximate surface area is 154 Å². The average Bonchev–Trinajstić information content (AvgIpc) is 2.60. The van der Waals surface area contributed by atoms with Gasteiger partial charge < -0.3 is 0 Å². The van der Waals surface area contributed by atoms with E-state index in [1.807, 2.05) is 0 Å². The van der Waals surface area contributed by atoms with Crippen molar-refractivity contribution in [2.75, 3.05) is 0 Å². The Morgan fingerprint density at radius 2 is 0.889 bits per heavy atom. The average molecular weight is 376 g/mol. The molecule has 0 saturated carbocycles. The zero-order valence-electron chi connectivity index (χ0n) is 15.0. The van der Waals surface area contributed by atoms with Crippen LogP contribution in [0.15, 0.2) is 42.5 Å². The predicted octanol–water partition coefficient (Wildman–Crippen LogP) is 6.49. The molecule has 5 heteroatoms. The third-order valence-corrected chi connectivity index (χ3v) is 4.80. The normalized spacial score (nSPS) is 11.3. The third kappa shape index (κ3) is 3.59. The second-order valence-electron chi connectivity index (χ2n) is 6.66. The second kappa shape index (κ2) is 7.14. The Morgan fingerprint density at radius 1 is 0.519 bits per heavy atom. The molecule has 0 saturated heterocycles. The van der Waals surface area contributed by atoms with E-state index in [1.165, 1.54) is 26.0 Å². The highest BCUT2D eigenvalue weighted by atomic mass is 19.1. The summed E-state index contributed by atoms with van der Waals surface area (Å²) < 4.78 is 70.7. The van der Waals surface area contributed by atoms with Crippen molar-refractivity contribution in [3.63, 3.8) is 0 Å². The summed E-state index contributed by atoms with van der Waals surface area (Å²) in [6, 6.07) is 8.74. The molecule has 0 aliphatic rings. The second-order valence-corrected chi connectivity index (χ2v) is 6.66. The molecule has 0 spiro atoms. The lowest BCUT2D eigenvalue weighted by Gasteiger charge is -2.21. The molecule has 0 bridgehead atoms. The number of hydrogen-bond donors (Lipinski definition) is 0. The molecular formula is C22H17F5. The van der Waals surface area contributed by atoms with Crippen LogP contribution in [0.1, 0.15) is 39.3 Å². The van der Waals surface area contributed by atoms with Crippen LogP contribution in [-0.4, -0.2) is 0 Å². The molecule has 0 nitrogen and oxygen atoms in total. The summed E-state index contributed by atoms with van der Waals surface area (Å²) in [6.45, 7) is 4.16. The van der Waals surface area contributed by atoms with Crippen molar-refractivity contribution in [2.24, 2.45) is 0 Å². The first-order valence-electron chi connectivity index (χ1n) is 8.36. The Kier molecular flexibility index (Phi) is 5.05. The van der Waals surface area contributed by atoms with Crippen molar-refractivity contribution in [3.05, 3.63) is 105 Å². The van der Waals surface area contributed by atoms with Crippen LogP contribution < -0.4 is 0 Å². The molecule has 3 aromatic rings. The van der Waals surface area contributed by atoms with Crippen molar-refractivity contribution in [1.29, 1.82) is 0 Å². The first-order chi connectivity index (χ1) is 12.7. The third-order valence-electron chi connectivity index (χ3n) is 4.80. The van der Waals surface area contributed by atoms with E-state index in [0.29, 0.717) is 11.1 Å². The van der Waals surface area contributed by atoms with Crippen LogP contribution in [0, 0.1) is 49.9 Å². The first kappa shape index (κ1) is 19.1. The van der Waals surface area contributed by atoms with Crippen molar-refractivity contribution in [3.8, 4) is 0 Å². The molecule has 0 aliphatic carbocycles. The monoisotopic (exact) mass is 376 g/mol. The SMILES string of the molecule is Cc1ccc(C(c2cc(F)c(C)c(F)c2)c2cc(F)c(C)c(F)c2)cc1F. The van der Waals surface area contributed by atoms with Crippen molar-refractivity contribution in [1.82, 2.24) is 0 Å². The summed E-state index contributed by atoms with van der Waals surface area (Å²) in [4.78, 5) is 0. The highest BCUT2D eigenvalue weighted by Gasteiger charge is 2.23. The van der Waals surface area contributed by atoms with Crippen LogP contribution >= 0.6 is 0 Å². The molecule has 0 fully saturated rings. The van der Waals surface area contributed by atoms with Crippen LogP contribution in [-0.2, 0) is 0 Å². The molecule has 0 aliphatic heterocycles. The largest absolute Gasteiger partial charge is 0.207 e. The van der Waals surface area contributed by atoms with Gasteiger partial charge in [0.25, 0.3) is 0 Å². The summed E-state index contributed by atoms with van der Waals surface area (Å²) in [7, 11) is 0. The summed E-state index contributed by atoms with van der Waals surface area (Å²) in [5, 5.41) is 0. The van der Waals surface area contributed by atoms with E-state index in [2.05, 4.69) is 0 Å². The minimum atomic E-state index is -0.936. The maximum Gasteiger partial charge on any atom is 0.129 e. The molecule has 0 atom stereocenters. The molecule has 27 heavy (non-hydrogen) atoms. The Hall–Kier alpha value is -2.69. The molecular weight excluding hydrogens is 359 g/mol. The topological polar surface area (TPSA) is 0 Å². The maximum atomic E-state index is 14.1. The number of halogens is 5. The van der Waals surface area contributed by atoms with Gasteiger partial charge in [0, 0.05) is 17.0 Å². The Morgan fingerprint density at radius 3 is 1.26 bits per heavy atom. The van der Waals surface area contributed by atoms with Crippen LogP contribution in [0.5, 0.6) is 0 Å². The van der Waals surface area contributed by atoms with Gasteiger partial charge in [0.2, 0.25) is 0 Å². The van der Waals surface area contributed by atoms with Crippen molar-refractivity contribution in [2.45, 2.75) is 26.7 Å². The van der Waals surface area contributed by atoms with Gasteiger partial charge in [-0.1, -0.05) is 12.1 Å². The van der Waals surface area contributed by atoms with Gasteiger partial charge in [-0.25, -0.2) is 22.0 Å². The lowest BCUT2D eigenvalue weighted by molar-refractivity contribution is 0.559. The lowest BCUT2D eigenvalue weighted by Crippen LogP contribution is -2.08. The number of hydrogen-bond acceptors (Lipinski definition) is 0. The van der Waals surface area contributed by atoms with Crippen LogP contribution in [0.3, 0.4) is 0 Å². The molecule has 3 aromatic carbocycles. The lowest BCUT2D eigenvalue weighted by atomic mass is 9.84. The van der Waals surface area contributed by atoms with E-state index in [9.17, 15) is 22.0 Å². The fraction of sp³-hybridized carbons (Fsp3) is 0.182. The van der Waals surface area contributed by atoms with Crippen LogP contribution in [0.4, 0.5) is 22.0 Å². The number of aryl methyl sites for hydroxylation is 1. The van der Waals surface area contributed by atoms with E-state index >= 15 is 0 Å². The molecule has 3 rings (SSSR count). The zero-order valence-corrected chi connectivity index (χ0v) is 15.0. The van der Waals surface area contributed by atoms with Crippen LogP contribution in [0.25, 0.3) is 0 Å². The molecule has 140 valence electrons. The smallest absolute Gasteiger partial charge is 0.129 e. The van der Waals surface area contributed by atoms with Gasteiger partial charge in [0.05, 0.1) is 0 Å². The molecule has 0 heterocycles. The van der Waals surface area contributed by atoms with E-state index in [1.54, 1.807) is 13.0 Å². The molecule has 0 amide bonds. The molecule has 0 aromatic heterocycles. The highest BCUT2D eigenvalue weighted by Crippen LogP contribution is 2.35. The van der Waals surface area contributed by atoms with Gasteiger partial charge in [-0.3, -0.25) is 0 Å². The number of rotatable bonds is 3. The summed E-state index contributed by atoms with van der Waals surface area (Å²) in [5.74, 6) is -4.58. The van der Waals surface area contributed by atoms with Crippen molar-refractivity contribution < 1.29 is 22.0 Å². The Balaban J connectivity index is 2.28. The van der Waals surface area contributed by atoms with E-state index in [4.69, 9.17) is 0 Å². The van der Waals surface area contributed by atoms with Gasteiger partial charge in [-0.05, 0) is 73.4 Å². The summed E-state index contributed by atoms with van der Waals surface area (Å²) in [5.41, 5.74) is 0.689. The predicted molar refractivity (Wildman–Crippen MR) is 94.3 cm³/mol. The quantitative estimate of drug-likeness (QED) is 0.362. The summed E-state index contributed by atoms with van der Waals surface area (Å²) >= 11 is 0. The van der Waals surface area contributed by atoms with Gasteiger partial charge in [-0.15, -0.1) is 0 Å². The van der Waals surface area contributed by atoms with Gasteiger partial charge in [0.15, 0.2) is 0 Å². The molecule has 0 N–H and O–H groups in total. The van der Waals surface area contributed by atoms with Gasteiger partial charge in [-0.2, -0.15) is 0 Å². The van der Waals surface area contributed by atoms with E-state index in [-0.39, 0.29) is 22.3 Å². The summed E-state index contributed by atoms with van der Waals surface area (Å²) in [6.07, 6.45) is 0. The van der Waals surface area contributed by atoms with E-state index in [0.717, 1.165) is 24.3 Å². The Bertz CT molecular complexity index is 920. The minimum Gasteiger partial charge on any atom is -0.207 e. The highest BCUT2D eigenvalue weighted by molar-refractivity contribution is 5.46. The standard InChI is InChI=1S/C22H17F5/c1-11-4-5-14(6-17(11)23)22(15-7-18(24)12(2)19(25)8-15)16-9-20(26)13(3)21(27)10-16/h4-10,22H,1-3H3. The molecule has 0 unspecified atom stereocenters. The molecule has 0 radical (unpaired) electrons. The van der Waals surface area contributed by atoms with Gasteiger partial charge >= 0.3 is 0 Å².